The number of aromatic nitrogens is 2. The Morgan fingerprint density at radius 3 is 3.06 bits per heavy atom. The second kappa shape index (κ2) is 5.46. The fourth-order valence-corrected chi connectivity index (χ4v) is 1.89. The number of rotatable bonds is 4. The smallest absolute Gasteiger partial charge is 0.340 e. The minimum Gasteiger partial charge on any atom is -0.465 e. The molecule has 0 aliphatic rings. The van der Waals surface area contributed by atoms with Crippen LogP contribution >= 0.6 is 11.3 Å². The molecule has 0 fully saturated rings. The van der Waals surface area contributed by atoms with Gasteiger partial charge in [-0.15, -0.1) is 11.3 Å². The van der Waals surface area contributed by atoms with Crippen molar-refractivity contribution in [3.8, 4) is 0 Å². The van der Waals surface area contributed by atoms with Crippen LogP contribution in [-0.2, 0) is 11.3 Å². The molecular formula is C11H12N4O2S. The van der Waals surface area contributed by atoms with Crippen molar-refractivity contribution in [3.63, 3.8) is 0 Å². The zero-order valence-electron chi connectivity index (χ0n) is 9.71. The maximum absolute atomic E-state index is 11.5. The Balaban J connectivity index is 2.12. The molecular weight excluding hydrogens is 252 g/mol. The third-order valence-electron chi connectivity index (χ3n) is 2.27. The minimum atomic E-state index is -0.476. The summed E-state index contributed by atoms with van der Waals surface area (Å²) in [6.07, 6.45) is 3.21. The molecule has 6 nitrogen and oxygen atoms in total. The van der Waals surface area contributed by atoms with Crippen molar-refractivity contribution in [1.29, 1.82) is 0 Å². The first-order valence-electron chi connectivity index (χ1n) is 5.16. The van der Waals surface area contributed by atoms with E-state index in [1.54, 1.807) is 29.1 Å². The molecule has 0 amide bonds. The Morgan fingerprint density at radius 2 is 2.39 bits per heavy atom. The lowest BCUT2D eigenvalue weighted by Crippen LogP contribution is -2.08. The Bertz CT molecular complexity index is 542. The average molecular weight is 264 g/mol. The van der Waals surface area contributed by atoms with Gasteiger partial charge in [0.2, 0.25) is 0 Å². The third kappa shape index (κ3) is 2.75. The maximum Gasteiger partial charge on any atom is 0.340 e. The van der Waals surface area contributed by atoms with Crippen LogP contribution in [0.4, 0.5) is 11.5 Å². The predicted molar refractivity (Wildman–Crippen MR) is 69.4 cm³/mol. The number of methoxy groups -OCH3 is 1. The van der Waals surface area contributed by atoms with Gasteiger partial charge in [0.05, 0.1) is 36.6 Å². The number of hydrogen-bond donors (Lipinski definition) is 2. The monoisotopic (exact) mass is 264 g/mol. The summed E-state index contributed by atoms with van der Waals surface area (Å²) in [7, 11) is 1.31. The van der Waals surface area contributed by atoms with Crippen LogP contribution < -0.4 is 11.1 Å². The zero-order chi connectivity index (χ0) is 13.0. The Labute approximate surface area is 108 Å². The summed E-state index contributed by atoms with van der Waals surface area (Å²) in [6, 6.07) is 1.57. The van der Waals surface area contributed by atoms with Crippen molar-refractivity contribution >= 4 is 28.8 Å². The molecule has 2 rings (SSSR count). The van der Waals surface area contributed by atoms with Gasteiger partial charge in [0.15, 0.2) is 0 Å². The highest BCUT2D eigenvalue weighted by Gasteiger charge is 2.11. The number of ether oxygens (including phenoxy) is 1. The number of thiazole rings is 1. The van der Waals surface area contributed by atoms with E-state index in [9.17, 15) is 4.79 Å². The van der Waals surface area contributed by atoms with E-state index in [-0.39, 0.29) is 0 Å². The standard InChI is InChI=1S/C11H12N4O2S/c1-17-11(16)8-2-10(15-5-9(8)12)14-4-7-3-13-6-18-7/h2-3,5-6H,4,12H2,1H3,(H,14,15). The Hall–Kier alpha value is -2.15. The Morgan fingerprint density at radius 1 is 1.56 bits per heavy atom. The molecule has 0 saturated heterocycles. The van der Waals surface area contributed by atoms with Crippen LogP contribution in [0, 0.1) is 0 Å². The zero-order valence-corrected chi connectivity index (χ0v) is 10.5. The summed E-state index contributed by atoms with van der Waals surface area (Å²) in [4.78, 5) is 20.6. The highest BCUT2D eigenvalue weighted by molar-refractivity contribution is 7.09. The van der Waals surface area contributed by atoms with Crippen LogP contribution in [-0.4, -0.2) is 23.0 Å². The summed E-state index contributed by atoms with van der Waals surface area (Å²) in [5.41, 5.74) is 8.02. The third-order valence-corrected chi connectivity index (χ3v) is 3.05. The van der Waals surface area contributed by atoms with Crippen molar-refractivity contribution in [2.45, 2.75) is 6.54 Å². The molecule has 0 spiro atoms. The number of nitrogen functional groups attached to an aromatic ring is 1. The van der Waals surface area contributed by atoms with Crippen molar-refractivity contribution in [2.75, 3.05) is 18.2 Å². The van der Waals surface area contributed by atoms with Crippen LogP contribution in [0.1, 0.15) is 15.2 Å². The fraction of sp³-hybridized carbons (Fsp3) is 0.182. The molecule has 2 heterocycles. The van der Waals surface area contributed by atoms with Gasteiger partial charge in [0, 0.05) is 11.1 Å². The molecule has 0 unspecified atom stereocenters. The summed E-state index contributed by atoms with van der Waals surface area (Å²) >= 11 is 1.54. The van der Waals surface area contributed by atoms with Crippen LogP contribution in [0.25, 0.3) is 0 Å². The molecule has 0 aliphatic heterocycles. The van der Waals surface area contributed by atoms with Crippen molar-refractivity contribution < 1.29 is 9.53 Å². The predicted octanol–water partition coefficient (Wildman–Crippen LogP) is 1.52. The highest BCUT2D eigenvalue weighted by atomic mass is 32.1. The molecule has 3 N–H and O–H groups in total. The van der Waals surface area contributed by atoms with Crippen molar-refractivity contribution in [1.82, 2.24) is 9.97 Å². The lowest BCUT2D eigenvalue weighted by molar-refractivity contribution is 0.0602. The van der Waals surface area contributed by atoms with E-state index in [4.69, 9.17) is 5.73 Å². The Kier molecular flexibility index (Phi) is 3.73. The number of pyridine rings is 1. The van der Waals surface area contributed by atoms with E-state index in [0.29, 0.717) is 23.6 Å². The van der Waals surface area contributed by atoms with E-state index in [1.165, 1.54) is 13.3 Å². The number of hydrogen-bond acceptors (Lipinski definition) is 7. The molecule has 18 heavy (non-hydrogen) atoms. The van der Waals surface area contributed by atoms with E-state index in [1.807, 2.05) is 0 Å². The number of esters is 1. The van der Waals surface area contributed by atoms with E-state index in [0.717, 1.165) is 4.88 Å². The summed E-state index contributed by atoms with van der Waals surface area (Å²) in [5, 5.41) is 3.09. The lowest BCUT2D eigenvalue weighted by atomic mass is 10.2. The molecule has 0 radical (unpaired) electrons. The molecule has 7 heteroatoms. The second-order valence-corrected chi connectivity index (χ2v) is 4.44. The number of anilines is 2. The largest absolute Gasteiger partial charge is 0.465 e. The number of carbonyl (C=O) groups is 1. The molecule has 0 aliphatic carbocycles. The minimum absolute atomic E-state index is 0.296. The molecule has 0 bridgehead atoms. The van der Waals surface area contributed by atoms with Gasteiger partial charge in [-0.05, 0) is 6.07 Å². The highest BCUT2D eigenvalue weighted by Crippen LogP contribution is 2.17. The first-order valence-corrected chi connectivity index (χ1v) is 6.03. The second-order valence-electron chi connectivity index (χ2n) is 3.47. The van der Waals surface area contributed by atoms with Crippen LogP contribution in [0.2, 0.25) is 0 Å². The van der Waals surface area contributed by atoms with Gasteiger partial charge < -0.3 is 15.8 Å². The van der Waals surface area contributed by atoms with Gasteiger partial charge in [-0.25, -0.2) is 9.78 Å². The fourth-order valence-electron chi connectivity index (χ4n) is 1.36. The van der Waals surface area contributed by atoms with Gasteiger partial charge in [-0.3, -0.25) is 4.98 Å². The molecule has 0 saturated carbocycles. The molecule has 2 aromatic heterocycles. The lowest BCUT2D eigenvalue weighted by Gasteiger charge is -2.07. The van der Waals surface area contributed by atoms with Gasteiger partial charge in [-0.1, -0.05) is 0 Å². The quantitative estimate of drug-likeness (QED) is 0.814. The summed E-state index contributed by atoms with van der Waals surface area (Å²) in [6.45, 7) is 0.599. The first kappa shape index (κ1) is 12.3. The number of nitrogens with zero attached hydrogens (tertiary/aromatic N) is 2. The molecule has 0 aromatic carbocycles. The van der Waals surface area contributed by atoms with Gasteiger partial charge in [0.25, 0.3) is 0 Å². The number of nitrogens with two attached hydrogens (primary N) is 1. The molecule has 2 aromatic rings. The van der Waals surface area contributed by atoms with E-state index >= 15 is 0 Å². The van der Waals surface area contributed by atoms with Gasteiger partial charge >= 0.3 is 5.97 Å². The van der Waals surface area contributed by atoms with E-state index < -0.39 is 5.97 Å². The summed E-state index contributed by atoms with van der Waals surface area (Å²) < 4.78 is 4.64. The molecule has 94 valence electrons. The van der Waals surface area contributed by atoms with E-state index in [2.05, 4.69) is 20.0 Å². The van der Waals surface area contributed by atoms with Gasteiger partial charge in [-0.2, -0.15) is 0 Å². The van der Waals surface area contributed by atoms with Crippen LogP contribution in [0.15, 0.2) is 24.0 Å². The SMILES string of the molecule is COC(=O)c1cc(NCc2cncs2)ncc1N. The number of nitrogens with one attached hydrogen (secondary N) is 1. The van der Waals surface area contributed by atoms with Crippen LogP contribution in [0.3, 0.4) is 0 Å². The first-order chi connectivity index (χ1) is 8.70. The molecule has 0 atom stereocenters. The average Bonchev–Trinajstić information content (AvgIpc) is 2.90. The number of carbonyl (C=O) groups excluding carboxylic acids is 1. The topological polar surface area (TPSA) is 90.1 Å². The normalized spacial score (nSPS) is 10.1. The van der Waals surface area contributed by atoms with Crippen molar-refractivity contribution in [2.24, 2.45) is 0 Å². The summed E-state index contributed by atoms with van der Waals surface area (Å²) in [5.74, 6) is 0.0914. The maximum atomic E-state index is 11.5. The van der Waals surface area contributed by atoms with Gasteiger partial charge in [0.1, 0.15) is 5.82 Å². The van der Waals surface area contributed by atoms with Crippen LogP contribution in [0.5, 0.6) is 0 Å². The van der Waals surface area contributed by atoms with Crippen molar-refractivity contribution in [3.05, 3.63) is 34.4 Å².